The number of likely N-dealkylation sites (tertiary alicyclic amines) is 2. The van der Waals surface area contributed by atoms with Gasteiger partial charge in [0.15, 0.2) is 0 Å². The lowest BCUT2D eigenvalue weighted by atomic mass is 9.97. The molecular weight excluding hydrogens is 349 g/mol. The van der Waals surface area contributed by atoms with Crippen molar-refractivity contribution in [2.45, 2.75) is 31.8 Å². The van der Waals surface area contributed by atoms with Crippen LogP contribution in [0.3, 0.4) is 0 Å². The number of carbonyl (C=O) groups is 2. The Morgan fingerprint density at radius 2 is 1.81 bits per heavy atom. The van der Waals surface area contributed by atoms with Crippen LogP contribution in [0.5, 0.6) is 5.75 Å². The van der Waals surface area contributed by atoms with Crippen molar-refractivity contribution < 1.29 is 18.7 Å². The zero-order valence-corrected chi connectivity index (χ0v) is 15.4. The third-order valence-electron chi connectivity index (χ3n) is 5.55. The Hall–Kier alpha value is -2.31. The summed E-state index contributed by atoms with van der Waals surface area (Å²) in [6.45, 7) is 3.27. The first-order chi connectivity index (χ1) is 13.1. The average molecular weight is 375 g/mol. The summed E-state index contributed by atoms with van der Waals surface area (Å²) in [5.74, 6) is 1.21. The monoisotopic (exact) mass is 375 g/mol. The number of nitrogens with zero attached hydrogens (tertiary/aromatic N) is 2. The molecule has 2 aliphatic heterocycles. The second kappa shape index (κ2) is 7.74. The number of ether oxygens (including phenoxy) is 1. The van der Waals surface area contributed by atoms with Gasteiger partial charge in [0.05, 0.1) is 13.1 Å². The fourth-order valence-electron chi connectivity index (χ4n) is 3.75. The van der Waals surface area contributed by atoms with Crippen LogP contribution in [-0.4, -0.2) is 60.6 Å². The molecule has 7 heteroatoms. The zero-order valence-electron chi connectivity index (χ0n) is 15.4. The molecule has 1 aromatic rings. The van der Waals surface area contributed by atoms with E-state index in [4.69, 9.17) is 4.74 Å². The summed E-state index contributed by atoms with van der Waals surface area (Å²) in [5, 5.41) is 2.99. The fraction of sp³-hybridized carbons (Fsp3) is 0.600. The predicted octanol–water partition coefficient (Wildman–Crippen LogP) is 2.25. The van der Waals surface area contributed by atoms with Crippen LogP contribution in [0.4, 0.5) is 9.18 Å². The molecule has 1 saturated carbocycles. The molecular formula is C20H26FN3O3. The molecule has 0 bridgehead atoms. The van der Waals surface area contributed by atoms with Crippen molar-refractivity contribution in [3.05, 3.63) is 30.1 Å². The Balaban J connectivity index is 1.16. The van der Waals surface area contributed by atoms with E-state index in [0.717, 1.165) is 38.8 Å². The molecule has 4 rings (SSSR count). The van der Waals surface area contributed by atoms with E-state index < -0.39 is 0 Å². The molecule has 0 unspecified atom stereocenters. The van der Waals surface area contributed by atoms with Gasteiger partial charge in [0.1, 0.15) is 17.7 Å². The molecule has 2 saturated heterocycles. The Morgan fingerprint density at radius 3 is 2.52 bits per heavy atom. The van der Waals surface area contributed by atoms with Gasteiger partial charge in [0, 0.05) is 25.6 Å². The van der Waals surface area contributed by atoms with Gasteiger partial charge in [-0.15, -0.1) is 0 Å². The molecule has 0 spiro atoms. The van der Waals surface area contributed by atoms with Gasteiger partial charge >= 0.3 is 6.03 Å². The number of nitrogens with one attached hydrogen (secondary N) is 1. The van der Waals surface area contributed by atoms with Crippen LogP contribution in [0.1, 0.15) is 25.7 Å². The minimum absolute atomic E-state index is 0.0532. The highest BCUT2D eigenvalue weighted by molar-refractivity contribution is 5.81. The van der Waals surface area contributed by atoms with Gasteiger partial charge in [0.25, 0.3) is 0 Å². The highest BCUT2D eigenvalue weighted by atomic mass is 19.1. The van der Waals surface area contributed by atoms with Crippen LogP contribution in [0.2, 0.25) is 0 Å². The van der Waals surface area contributed by atoms with Crippen LogP contribution >= 0.6 is 0 Å². The smallest absolute Gasteiger partial charge is 0.317 e. The number of urea groups is 1. The highest BCUT2D eigenvalue weighted by Crippen LogP contribution is 2.32. The lowest BCUT2D eigenvalue weighted by Gasteiger charge is -2.39. The van der Waals surface area contributed by atoms with E-state index in [-0.39, 0.29) is 23.9 Å². The second-order valence-electron chi connectivity index (χ2n) is 7.85. The van der Waals surface area contributed by atoms with Crippen molar-refractivity contribution in [2.24, 2.45) is 11.8 Å². The molecule has 3 amide bonds. The number of piperidine rings is 1. The number of amides is 3. The molecule has 1 aromatic carbocycles. The van der Waals surface area contributed by atoms with Crippen molar-refractivity contribution >= 4 is 11.9 Å². The summed E-state index contributed by atoms with van der Waals surface area (Å²) < 4.78 is 18.6. The zero-order chi connectivity index (χ0) is 18.8. The van der Waals surface area contributed by atoms with E-state index in [0.29, 0.717) is 37.2 Å². The number of rotatable bonds is 5. The topological polar surface area (TPSA) is 61.9 Å². The maximum absolute atomic E-state index is 12.9. The lowest BCUT2D eigenvalue weighted by Crippen LogP contribution is -2.59. The van der Waals surface area contributed by atoms with Gasteiger partial charge in [-0.2, -0.15) is 0 Å². The standard InChI is InChI=1S/C20H26FN3O3/c21-16-5-7-17(8-6-16)27-18-12-24(13-18)20(26)22-10-14-2-1-9-23(11-14)19(25)15-3-4-15/h5-8,14-15,18H,1-4,9-13H2,(H,22,26)/t14-/m0/s1. The van der Waals surface area contributed by atoms with E-state index >= 15 is 0 Å². The van der Waals surface area contributed by atoms with E-state index in [1.54, 1.807) is 17.0 Å². The molecule has 3 aliphatic rings. The van der Waals surface area contributed by atoms with Crippen molar-refractivity contribution in [1.82, 2.24) is 15.1 Å². The summed E-state index contributed by atoms with van der Waals surface area (Å²) >= 11 is 0. The normalized spacial score (nSPS) is 22.9. The Kier molecular flexibility index (Phi) is 5.18. The minimum Gasteiger partial charge on any atom is -0.487 e. The Bertz CT molecular complexity index is 686. The number of benzene rings is 1. The SMILES string of the molecule is O=C(NC[C@@H]1CCCN(C(=O)C2CC2)C1)N1CC(Oc2ccc(F)cc2)C1. The Labute approximate surface area is 158 Å². The minimum atomic E-state index is -0.294. The summed E-state index contributed by atoms with van der Waals surface area (Å²) in [7, 11) is 0. The maximum atomic E-state index is 12.9. The molecule has 0 aromatic heterocycles. The van der Waals surface area contributed by atoms with Gasteiger partial charge in [-0.25, -0.2) is 9.18 Å². The molecule has 1 atom stereocenters. The van der Waals surface area contributed by atoms with Crippen LogP contribution in [0.25, 0.3) is 0 Å². The third kappa shape index (κ3) is 4.51. The highest BCUT2D eigenvalue weighted by Gasteiger charge is 2.36. The molecule has 2 heterocycles. The van der Waals surface area contributed by atoms with E-state index in [1.165, 1.54) is 12.1 Å². The van der Waals surface area contributed by atoms with Crippen LogP contribution < -0.4 is 10.1 Å². The number of hydrogen-bond donors (Lipinski definition) is 1. The summed E-state index contributed by atoms with van der Waals surface area (Å²) in [4.78, 5) is 28.2. The number of halogens is 1. The molecule has 27 heavy (non-hydrogen) atoms. The quantitative estimate of drug-likeness (QED) is 0.859. The van der Waals surface area contributed by atoms with Crippen LogP contribution in [-0.2, 0) is 4.79 Å². The van der Waals surface area contributed by atoms with Crippen molar-refractivity contribution in [3.63, 3.8) is 0 Å². The number of hydrogen-bond acceptors (Lipinski definition) is 3. The molecule has 1 aliphatic carbocycles. The average Bonchev–Trinajstić information content (AvgIpc) is 3.49. The van der Waals surface area contributed by atoms with E-state index in [1.807, 2.05) is 4.90 Å². The first kappa shape index (κ1) is 18.1. The van der Waals surface area contributed by atoms with Crippen molar-refractivity contribution in [2.75, 3.05) is 32.7 Å². The summed E-state index contributed by atoms with van der Waals surface area (Å²) in [5.41, 5.74) is 0. The second-order valence-corrected chi connectivity index (χ2v) is 7.85. The fourth-order valence-corrected chi connectivity index (χ4v) is 3.75. The van der Waals surface area contributed by atoms with Crippen molar-refractivity contribution in [3.8, 4) is 5.75 Å². The van der Waals surface area contributed by atoms with Gasteiger partial charge < -0.3 is 19.9 Å². The van der Waals surface area contributed by atoms with Crippen LogP contribution in [0.15, 0.2) is 24.3 Å². The number of carbonyl (C=O) groups excluding carboxylic acids is 2. The first-order valence-corrected chi connectivity index (χ1v) is 9.82. The molecule has 6 nitrogen and oxygen atoms in total. The first-order valence-electron chi connectivity index (χ1n) is 9.82. The largest absolute Gasteiger partial charge is 0.487 e. The molecule has 146 valence electrons. The van der Waals surface area contributed by atoms with Gasteiger partial charge in [-0.1, -0.05) is 0 Å². The summed E-state index contributed by atoms with van der Waals surface area (Å²) in [6, 6.07) is 5.82. The predicted molar refractivity (Wildman–Crippen MR) is 97.8 cm³/mol. The lowest BCUT2D eigenvalue weighted by molar-refractivity contribution is -0.134. The summed E-state index contributed by atoms with van der Waals surface area (Å²) in [6.07, 6.45) is 4.07. The molecule has 1 N–H and O–H groups in total. The van der Waals surface area contributed by atoms with Crippen molar-refractivity contribution in [1.29, 1.82) is 0 Å². The third-order valence-corrected chi connectivity index (χ3v) is 5.55. The van der Waals surface area contributed by atoms with Gasteiger partial charge in [-0.05, 0) is 55.9 Å². The molecule has 3 fully saturated rings. The van der Waals surface area contributed by atoms with E-state index in [2.05, 4.69) is 5.32 Å². The molecule has 0 radical (unpaired) electrons. The van der Waals surface area contributed by atoms with Gasteiger partial charge in [0.2, 0.25) is 5.91 Å². The maximum Gasteiger partial charge on any atom is 0.317 e. The Morgan fingerprint density at radius 1 is 1.07 bits per heavy atom. The van der Waals surface area contributed by atoms with Gasteiger partial charge in [-0.3, -0.25) is 4.79 Å². The van der Waals surface area contributed by atoms with E-state index in [9.17, 15) is 14.0 Å². The van der Waals surface area contributed by atoms with Crippen LogP contribution in [0, 0.1) is 17.7 Å².